The number of nitrogens with zero attached hydrogens (tertiary/aromatic N) is 2. The standard InChI is InChI=1S/C15H19ClN4O2/c16-14-10-13(3-2-12(14)11-17)19-15(21)18-4-1-5-20-6-8-22-9-7-20/h2-3,10H,1,4-9H2,(H2,18,19,21). The highest BCUT2D eigenvalue weighted by molar-refractivity contribution is 6.32. The van der Waals surface area contributed by atoms with Gasteiger partial charge in [0.25, 0.3) is 0 Å². The fraction of sp³-hybridized carbons (Fsp3) is 0.467. The zero-order chi connectivity index (χ0) is 15.8. The number of nitriles is 1. The van der Waals surface area contributed by atoms with Crippen LogP contribution in [0.4, 0.5) is 10.5 Å². The smallest absolute Gasteiger partial charge is 0.319 e. The lowest BCUT2D eigenvalue weighted by molar-refractivity contribution is 0.0375. The number of carbonyl (C=O) groups excluding carboxylic acids is 1. The third-order valence-corrected chi connectivity index (χ3v) is 3.70. The van der Waals surface area contributed by atoms with Gasteiger partial charge in [-0.2, -0.15) is 5.26 Å². The fourth-order valence-electron chi connectivity index (χ4n) is 2.19. The minimum Gasteiger partial charge on any atom is -0.379 e. The van der Waals surface area contributed by atoms with Gasteiger partial charge in [0.1, 0.15) is 6.07 Å². The molecule has 0 aliphatic carbocycles. The van der Waals surface area contributed by atoms with Gasteiger partial charge in [0.05, 0.1) is 23.8 Å². The molecular formula is C15H19ClN4O2. The Kier molecular flexibility index (Phi) is 6.46. The second kappa shape index (κ2) is 8.59. The number of halogens is 1. The number of carbonyl (C=O) groups is 1. The van der Waals surface area contributed by atoms with E-state index in [1.807, 2.05) is 6.07 Å². The molecule has 1 aromatic carbocycles. The van der Waals surface area contributed by atoms with Crippen LogP contribution in [0.5, 0.6) is 0 Å². The number of rotatable bonds is 5. The number of ether oxygens (including phenoxy) is 1. The maximum Gasteiger partial charge on any atom is 0.319 e. The molecule has 0 spiro atoms. The van der Waals surface area contributed by atoms with Crippen molar-refractivity contribution in [2.45, 2.75) is 6.42 Å². The van der Waals surface area contributed by atoms with Crippen molar-refractivity contribution >= 4 is 23.3 Å². The zero-order valence-corrected chi connectivity index (χ0v) is 13.0. The van der Waals surface area contributed by atoms with Crippen molar-refractivity contribution in [3.8, 4) is 6.07 Å². The maximum atomic E-state index is 11.8. The molecule has 2 rings (SSSR count). The first-order valence-corrected chi connectivity index (χ1v) is 7.61. The third kappa shape index (κ3) is 5.19. The number of hydrogen-bond donors (Lipinski definition) is 2. The molecule has 0 saturated carbocycles. The number of anilines is 1. The molecule has 0 bridgehead atoms. The van der Waals surface area contributed by atoms with Crippen LogP contribution in [-0.4, -0.2) is 50.3 Å². The fourth-order valence-corrected chi connectivity index (χ4v) is 2.41. The van der Waals surface area contributed by atoms with Crippen LogP contribution in [0.1, 0.15) is 12.0 Å². The average Bonchev–Trinajstić information content (AvgIpc) is 2.53. The second-order valence-electron chi connectivity index (χ2n) is 4.99. The summed E-state index contributed by atoms with van der Waals surface area (Å²) in [4.78, 5) is 14.1. The molecule has 0 unspecified atom stereocenters. The number of nitrogens with one attached hydrogen (secondary N) is 2. The largest absolute Gasteiger partial charge is 0.379 e. The van der Waals surface area contributed by atoms with Gasteiger partial charge in [0.15, 0.2) is 0 Å². The van der Waals surface area contributed by atoms with Crippen molar-refractivity contribution in [2.24, 2.45) is 0 Å². The molecule has 1 aliphatic rings. The molecule has 1 aliphatic heterocycles. The van der Waals surface area contributed by atoms with Gasteiger partial charge < -0.3 is 15.4 Å². The first kappa shape index (κ1) is 16.6. The van der Waals surface area contributed by atoms with Crippen LogP contribution < -0.4 is 10.6 Å². The van der Waals surface area contributed by atoms with Gasteiger partial charge in [-0.1, -0.05) is 11.6 Å². The van der Waals surface area contributed by atoms with Gasteiger partial charge in [0, 0.05) is 25.3 Å². The summed E-state index contributed by atoms with van der Waals surface area (Å²) in [6, 6.07) is 6.49. The Hall–Kier alpha value is -1.81. The molecule has 2 amide bonds. The van der Waals surface area contributed by atoms with Crippen LogP contribution in [0, 0.1) is 11.3 Å². The molecule has 22 heavy (non-hydrogen) atoms. The SMILES string of the molecule is N#Cc1ccc(NC(=O)NCCCN2CCOCC2)cc1Cl. The van der Waals surface area contributed by atoms with E-state index in [0.717, 1.165) is 39.3 Å². The summed E-state index contributed by atoms with van der Waals surface area (Å²) in [6.45, 7) is 5.03. The van der Waals surface area contributed by atoms with E-state index < -0.39 is 0 Å². The summed E-state index contributed by atoms with van der Waals surface area (Å²) in [6.07, 6.45) is 0.890. The van der Waals surface area contributed by atoms with E-state index >= 15 is 0 Å². The predicted molar refractivity (Wildman–Crippen MR) is 85.1 cm³/mol. The van der Waals surface area contributed by atoms with Crippen molar-refractivity contribution in [3.63, 3.8) is 0 Å². The Bertz CT molecular complexity index is 553. The lowest BCUT2D eigenvalue weighted by atomic mass is 10.2. The summed E-state index contributed by atoms with van der Waals surface area (Å²) in [7, 11) is 0. The number of urea groups is 1. The molecule has 118 valence electrons. The van der Waals surface area contributed by atoms with Gasteiger partial charge in [-0.15, -0.1) is 0 Å². The van der Waals surface area contributed by atoms with Gasteiger partial charge >= 0.3 is 6.03 Å². The Labute approximate surface area is 135 Å². The average molecular weight is 323 g/mol. The Balaban J connectivity index is 1.67. The van der Waals surface area contributed by atoms with Crippen molar-refractivity contribution < 1.29 is 9.53 Å². The summed E-state index contributed by atoms with van der Waals surface area (Å²) in [5.41, 5.74) is 0.952. The first-order valence-electron chi connectivity index (χ1n) is 7.23. The highest BCUT2D eigenvalue weighted by Crippen LogP contribution is 2.19. The molecular weight excluding hydrogens is 304 g/mol. The second-order valence-corrected chi connectivity index (χ2v) is 5.40. The normalized spacial score (nSPS) is 15.1. The quantitative estimate of drug-likeness (QED) is 0.813. The Morgan fingerprint density at radius 3 is 2.86 bits per heavy atom. The maximum absolute atomic E-state index is 11.8. The molecule has 1 aromatic rings. The van der Waals surface area contributed by atoms with Crippen molar-refractivity contribution in [1.29, 1.82) is 5.26 Å². The van der Waals surface area contributed by atoms with Gasteiger partial charge in [-0.25, -0.2) is 4.79 Å². The van der Waals surface area contributed by atoms with Gasteiger partial charge in [-0.3, -0.25) is 4.90 Å². The van der Waals surface area contributed by atoms with Crippen molar-refractivity contribution in [2.75, 3.05) is 44.7 Å². The van der Waals surface area contributed by atoms with E-state index in [0.29, 0.717) is 22.8 Å². The van der Waals surface area contributed by atoms with Crippen LogP contribution in [0.25, 0.3) is 0 Å². The van der Waals surface area contributed by atoms with E-state index in [4.69, 9.17) is 21.6 Å². The molecule has 1 fully saturated rings. The van der Waals surface area contributed by atoms with Gasteiger partial charge in [-0.05, 0) is 31.2 Å². The minimum atomic E-state index is -0.275. The zero-order valence-electron chi connectivity index (χ0n) is 12.3. The monoisotopic (exact) mass is 322 g/mol. The predicted octanol–water partition coefficient (Wildman–Crippen LogP) is 2.06. The van der Waals surface area contributed by atoms with E-state index in [9.17, 15) is 4.79 Å². The summed E-state index contributed by atoms with van der Waals surface area (Å²) >= 11 is 5.92. The van der Waals surface area contributed by atoms with E-state index in [-0.39, 0.29) is 6.03 Å². The van der Waals surface area contributed by atoms with E-state index in [1.165, 1.54) is 0 Å². The molecule has 1 heterocycles. The Morgan fingerprint density at radius 1 is 1.41 bits per heavy atom. The van der Waals surface area contributed by atoms with Crippen LogP contribution in [0.3, 0.4) is 0 Å². The summed E-state index contributed by atoms with van der Waals surface area (Å²) in [5.74, 6) is 0. The van der Waals surface area contributed by atoms with Crippen molar-refractivity contribution in [1.82, 2.24) is 10.2 Å². The molecule has 2 N–H and O–H groups in total. The number of amides is 2. The molecule has 0 radical (unpaired) electrons. The lowest BCUT2D eigenvalue weighted by Crippen LogP contribution is -2.38. The van der Waals surface area contributed by atoms with E-state index in [2.05, 4.69) is 15.5 Å². The first-order chi connectivity index (χ1) is 10.7. The molecule has 6 nitrogen and oxygen atoms in total. The molecule has 0 aromatic heterocycles. The molecule has 0 atom stereocenters. The molecule has 7 heteroatoms. The number of benzene rings is 1. The summed E-state index contributed by atoms with van der Waals surface area (Å²) in [5, 5.41) is 14.6. The van der Waals surface area contributed by atoms with Crippen LogP contribution in [0.15, 0.2) is 18.2 Å². The topological polar surface area (TPSA) is 77.4 Å². The Morgan fingerprint density at radius 2 is 2.18 bits per heavy atom. The van der Waals surface area contributed by atoms with Gasteiger partial charge in [0.2, 0.25) is 0 Å². The molecule has 1 saturated heterocycles. The number of morpholine rings is 1. The third-order valence-electron chi connectivity index (χ3n) is 3.39. The van der Waals surface area contributed by atoms with Crippen LogP contribution >= 0.6 is 11.6 Å². The van der Waals surface area contributed by atoms with Crippen LogP contribution in [0.2, 0.25) is 5.02 Å². The summed E-state index contributed by atoms with van der Waals surface area (Å²) < 4.78 is 5.28. The van der Waals surface area contributed by atoms with E-state index in [1.54, 1.807) is 18.2 Å². The minimum absolute atomic E-state index is 0.275. The van der Waals surface area contributed by atoms with Crippen LogP contribution in [-0.2, 0) is 4.74 Å². The highest BCUT2D eigenvalue weighted by atomic mass is 35.5. The number of hydrogen-bond acceptors (Lipinski definition) is 4. The lowest BCUT2D eigenvalue weighted by Gasteiger charge is -2.26. The highest BCUT2D eigenvalue weighted by Gasteiger charge is 2.09. The van der Waals surface area contributed by atoms with Crippen molar-refractivity contribution in [3.05, 3.63) is 28.8 Å².